The standard InChI is InChI=1S/C9H8BFO4/c11-6-3-5-1-2-10(14)15-8(5)7(4-6)9(12)13/h3-4,14H,1-2H2,(H,12,13). The van der Waals surface area contributed by atoms with E-state index < -0.39 is 18.9 Å². The van der Waals surface area contributed by atoms with E-state index in [9.17, 15) is 14.2 Å². The van der Waals surface area contributed by atoms with Gasteiger partial charge in [0.25, 0.3) is 0 Å². The number of aryl methyl sites for hydroxylation is 1. The van der Waals surface area contributed by atoms with Crippen LogP contribution in [0.3, 0.4) is 0 Å². The summed E-state index contributed by atoms with van der Waals surface area (Å²) < 4.78 is 18.0. The van der Waals surface area contributed by atoms with Crippen molar-refractivity contribution in [1.82, 2.24) is 0 Å². The molecule has 0 unspecified atom stereocenters. The van der Waals surface area contributed by atoms with Crippen molar-refractivity contribution in [3.63, 3.8) is 0 Å². The quantitative estimate of drug-likeness (QED) is 0.676. The van der Waals surface area contributed by atoms with Crippen molar-refractivity contribution < 1.29 is 24.0 Å². The maximum atomic E-state index is 13.0. The Bertz CT molecular complexity index is 421. The third-order valence-corrected chi connectivity index (χ3v) is 2.28. The molecule has 1 aromatic carbocycles. The van der Waals surface area contributed by atoms with E-state index in [1.165, 1.54) is 6.07 Å². The van der Waals surface area contributed by atoms with Crippen molar-refractivity contribution in [3.8, 4) is 5.75 Å². The van der Waals surface area contributed by atoms with Crippen LogP contribution in [0.4, 0.5) is 4.39 Å². The lowest BCUT2D eigenvalue weighted by atomic mass is 9.78. The number of rotatable bonds is 1. The molecule has 1 aliphatic rings. The number of hydrogen-bond donors (Lipinski definition) is 2. The van der Waals surface area contributed by atoms with Gasteiger partial charge in [-0.15, -0.1) is 0 Å². The van der Waals surface area contributed by atoms with Gasteiger partial charge in [-0.25, -0.2) is 9.18 Å². The number of halogens is 1. The smallest absolute Gasteiger partial charge is 0.522 e. The maximum Gasteiger partial charge on any atom is 0.522 e. The van der Waals surface area contributed by atoms with E-state index in [0.717, 1.165) is 6.07 Å². The highest BCUT2D eigenvalue weighted by Gasteiger charge is 2.28. The van der Waals surface area contributed by atoms with Crippen LogP contribution >= 0.6 is 0 Å². The van der Waals surface area contributed by atoms with Crippen molar-refractivity contribution in [1.29, 1.82) is 0 Å². The number of fused-ring (bicyclic) bond motifs is 1. The lowest BCUT2D eigenvalue weighted by Crippen LogP contribution is -2.28. The second-order valence-corrected chi connectivity index (χ2v) is 3.36. The molecule has 78 valence electrons. The van der Waals surface area contributed by atoms with Gasteiger partial charge in [-0.3, -0.25) is 0 Å². The molecule has 0 amide bonds. The summed E-state index contributed by atoms with van der Waals surface area (Å²) in [4.78, 5) is 10.8. The molecule has 1 aromatic rings. The van der Waals surface area contributed by atoms with Crippen molar-refractivity contribution in [2.45, 2.75) is 12.7 Å². The van der Waals surface area contributed by atoms with Gasteiger partial charge in [0.05, 0.1) is 0 Å². The van der Waals surface area contributed by atoms with Crippen LogP contribution < -0.4 is 4.65 Å². The molecular weight excluding hydrogens is 202 g/mol. The Morgan fingerprint density at radius 2 is 2.27 bits per heavy atom. The fourth-order valence-corrected chi connectivity index (χ4v) is 1.61. The van der Waals surface area contributed by atoms with Gasteiger partial charge in [0, 0.05) is 0 Å². The molecule has 0 radical (unpaired) electrons. The molecule has 15 heavy (non-hydrogen) atoms. The first-order chi connectivity index (χ1) is 7.08. The van der Waals surface area contributed by atoms with Crippen LogP contribution in [0, 0.1) is 5.82 Å². The Kier molecular flexibility index (Phi) is 2.36. The van der Waals surface area contributed by atoms with E-state index in [4.69, 9.17) is 9.76 Å². The highest BCUT2D eigenvalue weighted by atomic mass is 19.1. The fourth-order valence-electron chi connectivity index (χ4n) is 1.61. The van der Waals surface area contributed by atoms with Gasteiger partial charge >= 0.3 is 13.1 Å². The zero-order valence-corrected chi connectivity index (χ0v) is 7.74. The van der Waals surface area contributed by atoms with E-state index in [2.05, 4.69) is 0 Å². The topological polar surface area (TPSA) is 66.8 Å². The summed E-state index contributed by atoms with van der Waals surface area (Å²) in [5.74, 6) is -1.80. The Morgan fingerprint density at radius 1 is 1.53 bits per heavy atom. The van der Waals surface area contributed by atoms with Gasteiger partial charge in [0.15, 0.2) is 0 Å². The Hall–Kier alpha value is -1.56. The second-order valence-electron chi connectivity index (χ2n) is 3.36. The van der Waals surface area contributed by atoms with Crippen LogP contribution in [0.15, 0.2) is 12.1 Å². The fraction of sp³-hybridized carbons (Fsp3) is 0.222. The molecule has 0 aromatic heterocycles. The first-order valence-corrected chi connectivity index (χ1v) is 4.48. The van der Waals surface area contributed by atoms with Gasteiger partial charge in [-0.2, -0.15) is 0 Å². The summed E-state index contributed by atoms with van der Waals surface area (Å²) in [6.07, 6.45) is 0.754. The van der Waals surface area contributed by atoms with Crippen molar-refractivity contribution in [2.75, 3.05) is 0 Å². The minimum absolute atomic E-state index is 0.0719. The average Bonchev–Trinajstić information content (AvgIpc) is 2.17. The molecule has 2 rings (SSSR count). The van der Waals surface area contributed by atoms with E-state index in [0.29, 0.717) is 18.3 Å². The Labute approximate surface area is 85.4 Å². The molecule has 0 saturated heterocycles. The van der Waals surface area contributed by atoms with Crippen LogP contribution in [-0.2, 0) is 6.42 Å². The van der Waals surface area contributed by atoms with Gasteiger partial charge in [0.2, 0.25) is 0 Å². The van der Waals surface area contributed by atoms with Crippen molar-refractivity contribution >= 4 is 13.1 Å². The summed E-state index contributed by atoms with van der Waals surface area (Å²) in [5.41, 5.74) is 0.237. The highest BCUT2D eigenvalue weighted by molar-refractivity contribution is 6.44. The van der Waals surface area contributed by atoms with Crippen molar-refractivity contribution in [2.24, 2.45) is 0 Å². The Balaban J connectivity index is 2.55. The predicted molar refractivity (Wildman–Crippen MR) is 50.5 cm³/mol. The number of hydrogen-bond acceptors (Lipinski definition) is 3. The minimum atomic E-state index is -1.26. The zero-order valence-electron chi connectivity index (χ0n) is 7.74. The third-order valence-electron chi connectivity index (χ3n) is 2.28. The second kappa shape index (κ2) is 3.54. The molecule has 0 atom stereocenters. The molecule has 0 spiro atoms. The SMILES string of the molecule is O=C(O)c1cc(F)cc2c1OB(O)CC2. The molecule has 1 aliphatic heterocycles. The lowest BCUT2D eigenvalue weighted by molar-refractivity contribution is 0.0693. The predicted octanol–water partition coefficient (Wildman–Crippen LogP) is 0.939. The Morgan fingerprint density at radius 3 is 2.93 bits per heavy atom. The lowest BCUT2D eigenvalue weighted by Gasteiger charge is -2.21. The van der Waals surface area contributed by atoms with Crippen LogP contribution in [-0.4, -0.2) is 23.2 Å². The molecule has 0 bridgehead atoms. The summed E-state index contributed by atoms with van der Waals surface area (Å²) in [6.45, 7) is 0. The molecule has 0 saturated carbocycles. The van der Waals surface area contributed by atoms with Crippen LogP contribution in [0.2, 0.25) is 6.32 Å². The molecule has 0 aliphatic carbocycles. The van der Waals surface area contributed by atoms with E-state index in [-0.39, 0.29) is 11.3 Å². The summed E-state index contributed by atoms with van der Waals surface area (Å²) in [5, 5.41) is 18.0. The first-order valence-electron chi connectivity index (χ1n) is 4.48. The van der Waals surface area contributed by atoms with Gasteiger partial charge in [-0.05, 0) is 30.4 Å². The van der Waals surface area contributed by atoms with Crippen LogP contribution in [0.1, 0.15) is 15.9 Å². The van der Waals surface area contributed by atoms with E-state index in [1.54, 1.807) is 0 Å². The van der Waals surface area contributed by atoms with E-state index >= 15 is 0 Å². The number of aromatic carboxylic acids is 1. The minimum Gasteiger partial charge on any atom is -0.535 e. The third kappa shape index (κ3) is 1.80. The molecule has 1 heterocycles. The van der Waals surface area contributed by atoms with Crippen LogP contribution in [0.5, 0.6) is 5.75 Å². The maximum absolute atomic E-state index is 13.0. The summed E-state index contributed by atoms with van der Waals surface area (Å²) in [6, 6.07) is 2.12. The zero-order chi connectivity index (χ0) is 11.0. The largest absolute Gasteiger partial charge is 0.535 e. The van der Waals surface area contributed by atoms with Gasteiger partial charge in [-0.1, -0.05) is 0 Å². The number of carboxylic acids is 1. The molecule has 4 nitrogen and oxygen atoms in total. The number of carboxylic acid groups (broad SMARTS) is 1. The molecule has 0 fully saturated rings. The normalized spacial score (nSPS) is 14.4. The average molecular weight is 210 g/mol. The van der Waals surface area contributed by atoms with Crippen LogP contribution in [0.25, 0.3) is 0 Å². The summed E-state index contributed by atoms with van der Waals surface area (Å²) >= 11 is 0. The first kappa shape index (κ1) is 9.98. The molecule has 6 heteroatoms. The highest BCUT2D eigenvalue weighted by Crippen LogP contribution is 2.31. The summed E-state index contributed by atoms with van der Waals surface area (Å²) in [7, 11) is -1.01. The monoisotopic (exact) mass is 210 g/mol. The number of benzene rings is 1. The molecular formula is C9H8BFO4. The van der Waals surface area contributed by atoms with Gasteiger partial charge in [0.1, 0.15) is 17.1 Å². The number of carbonyl (C=O) groups is 1. The molecule has 2 N–H and O–H groups in total. The van der Waals surface area contributed by atoms with Gasteiger partial charge < -0.3 is 14.8 Å². The van der Waals surface area contributed by atoms with Crippen molar-refractivity contribution in [3.05, 3.63) is 29.1 Å². The van der Waals surface area contributed by atoms with E-state index in [1.807, 2.05) is 0 Å².